The highest BCUT2D eigenvalue weighted by molar-refractivity contribution is 5.76. The zero-order chi connectivity index (χ0) is 19.2. The smallest absolute Gasteiger partial charge is 0.240 e. The highest BCUT2D eigenvalue weighted by atomic mass is 16.5. The summed E-state index contributed by atoms with van der Waals surface area (Å²) in [7, 11) is 0. The van der Waals surface area contributed by atoms with E-state index in [1.807, 2.05) is 6.07 Å². The fraction of sp³-hybridized carbons (Fsp3) is 0.350. The highest BCUT2D eigenvalue weighted by Crippen LogP contribution is 2.19. The maximum atomic E-state index is 12.3. The topological polar surface area (TPSA) is 97.0 Å². The second kappa shape index (κ2) is 8.60. The predicted molar refractivity (Wildman–Crippen MR) is 103 cm³/mol. The van der Waals surface area contributed by atoms with E-state index in [1.165, 1.54) is 5.69 Å². The van der Waals surface area contributed by atoms with Gasteiger partial charge in [-0.15, -0.1) is 0 Å². The number of anilines is 1. The molecule has 0 unspecified atom stereocenters. The molecule has 28 heavy (non-hydrogen) atoms. The Labute approximate surface area is 163 Å². The molecule has 1 amide bonds. The first-order valence-electron chi connectivity index (χ1n) is 9.47. The summed E-state index contributed by atoms with van der Waals surface area (Å²) in [6.07, 6.45) is 5.84. The van der Waals surface area contributed by atoms with Crippen LogP contribution in [0.2, 0.25) is 0 Å². The lowest BCUT2D eigenvalue weighted by Crippen LogP contribution is -2.44. The van der Waals surface area contributed by atoms with Crippen molar-refractivity contribution in [3.8, 4) is 11.6 Å². The molecule has 0 saturated carbocycles. The number of hydrogen-bond donors (Lipinski definition) is 1. The Kier molecular flexibility index (Phi) is 5.56. The van der Waals surface area contributed by atoms with Crippen LogP contribution in [0.3, 0.4) is 0 Å². The monoisotopic (exact) mass is 378 g/mol. The number of carbonyl (C=O) groups excluding carboxylic acids is 1. The molecular formula is C20H22N6O2. The van der Waals surface area contributed by atoms with Crippen LogP contribution in [-0.4, -0.2) is 45.1 Å². The second-order valence-electron chi connectivity index (χ2n) is 6.75. The Morgan fingerprint density at radius 3 is 2.57 bits per heavy atom. The number of aryl methyl sites for hydroxylation is 1. The Balaban J connectivity index is 1.22. The number of nitrogens with one attached hydrogen (secondary N) is 1. The van der Waals surface area contributed by atoms with Gasteiger partial charge in [0.2, 0.25) is 23.4 Å². The van der Waals surface area contributed by atoms with Gasteiger partial charge in [-0.05, 0) is 31.0 Å². The number of piperidine rings is 1. The van der Waals surface area contributed by atoms with Gasteiger partial charge in [-0.1, -0.05) is 23.4 Å². The summed E-state index contributed by atoms with van der Waals surface area (Å²) in [6, 6.07) is 12.3. The average Bonchev–Trinajstić information content (AvgIpc) is 3.23. The minimum atomic E-state index is 0.00822. The summed E-state index contributed by atoms with van der Waals surface area (Å²) >= 11 is 0. The quantitative estimate of drug-likeness (QED) is 0.702. The second-order valence-corrected chi connectivity index (χ2v) is 6.75. The van der Waals surface area contributed by atoms with Crippen LogP contribution in [0.15, 0.2) is 53.3 Å². The molecule has 1 fully saturated rings. The Bertz CT molecular complexity index is 891. The van der Waals surface area contributed by atoms with Crippen LogP contribution in [-0.2, 0) is 11.2 Å². The molecule has 0 aliphatic carbocycles. The molecule has 1 N–H and O–H groups in total. The van der Waals surface area contributed by atoms with Gasteiger partial charge in [-0.2, -0.15) is 4.98 Å². The standard InChI is InChI=1S/C20H22N6O2/c27-17(7-8-18-24-20(25-28-18)19-21-11-4-12-22-19)23-15-9-13-26(14-10-15)16-5-2-1-3-6-16/h1-6,11-12,15H,7-10,13-14H2,(H,23,27). The van der Waals surface area contributed by atoms with E-state index in [9.17, 15) is 4.79 Å². The first-order valence-corrected chi connectivity index (χ1v) is 9.47. The van der Waals surface area contributed by atoms with Crippen LogP contribution in [0.1, 0.15) is 25.2 Å². The van der Waals surface area contributed by atoms with Gasteiger partial charge in [0.1, 0.15) is 0 Å². The Morgan fingerprint density at radius 2 is 1.82 bits per heavy atom. The van der Waals surface area contributed by atoms with Crippen LogP contribution >= 0.6 is 0 Å². The first kappa shape index (κ1) is 18.1. The van der Waals surface area contributed by atoms with Crippen molar-refractivity contribution in [3.63, 3.8) is 0 Å². The number of rotatable bonds is 6. The van der Waals surface area contributed by atoms with Crippen molar-refractivity contribution in [3.05, 3.63) is 54.7 Å². The van der Waals surface area contributed by atoms with E-state index >= 15 is 0 Å². The fourth-order valence-electron chi connectivity index (χ4n) is 3.30. The summed E-state index contributed by atoms with van der Waals surface area (Å²) < 4.78 is 5.19. The number of amides is 1. The SMILES string of the molecule is O=C(CCc1nc(-c2ncccn2)no1)NC1CCN(c2ccccc2)CC1. The van der Waals surface area contributed by atoms with Gasteiger partial charge in [-0.25, -0.2) is 9.97 Å². The van der Waals surface area contributed by atoms with E-state index in [0.29, 0.717) is 30.4 Å². The zero-order valence-corrected chi connectivity index (χ0v) is 15.5. The molecule has 4 rings (SSSR count). The van der Waals surface area contributed by atoms with Gasteiger partial charge >= 0.3 is 0 Å². The summed E-state index contributed by atoms with van der Waals surface area (Å²) in [5.41, 5.74) is 1.24. The normalized spacial score (nSPS) is 14.8. The van der Waals surface area contributed by atoms with E-state index in [2.05, 4.69) is 54.6 Å². The lowest BCUT2D eigenvalue weighted by molar-refractivity contribution is -0.122. The molecule has 2 aromatic heterocycles. The Hall–Kier alpha value is -3.29. The van der Waals surface area contributed by atoms with Gasteiger partial charge < -0.3 is 14.7 Å². The fourth-order valence-corrected chi connectivity index (χ4v) is 3.30. The van der Waals surface area contributed by atoms with Crippen LogP contribution in [0.4, 0.5) is 5.69 Å². The number of benzene rings is 1. The van der Waals surface area contributed by atoms with Crippen molar-refractivity contribution in [2.24, 2.45) is 0 Å². The molecule has 0 bridgehead atoms. The van der Waals surface area contributed by atoms with E-state index in [4.69, 9.17) is 4.52 Å². The van der Waals surface area contributed by atoms with Crippen LogP contribution in [0.5, 0.6) is 0 Å². The highest BCUT2D eigenvalue weighted by Gasteiger charge is 2.21. The van der Waals surface area contributed by atoms with Crippen molar-refractivity contribution in [1.82, 2.24) is 25.4 Å². The minimum Gasteiger partial charge on any atom is -0.371 e. The largest absolute Gasteiger partial charge is 0.371 e. The molecule has 1 aliphatic heterocycles. The van der Waals surface area contributed by atoms with E-state index in [-0.39, 0.29) is 11.9 Å². The van der Waals surface area contributed by atoms with Crippen LogP contribution < -0.4 is 10.2 Å². The number of hydrogen-bond acceptors (Lipinski definition) is 7. The number of carbonyl (C=O) groups is 1. The van der Waals surface area contributed by atoms with Crippen molar-refractivity contribution in [2.45, 2.75) is 31.7 Å². The molecule has 144 valence electrons. The maximum Gasteiger partial charge on any atom is 0.240 e. The summed E-state index contributed by atoms with van der Waals surface area (Å²) in [5, 5.41) is 6.99. The molecule has 8 nitrogen and oxygen atoms in total. The third-order valence-corrected chi connectivity index (χ3v) is 4.78. The Morgan fingerprint density at radius 1 is 1.07 bits per heavy atom. The molecule has 8 heteroatoms. The predicted octanol–water partition coefficient (Wildman–Crippen LogP) is 2.24. The molecular weight excluding hydrogens is 356 g/mol. The lowest BCUT2D eigenvalue weighted by atomic mass is 10.0. The van der Waals surface area contributed by atoms with Crippen LogP contribution in [0.25, 0.3) is 11.6 Å². The number of aromatic nitrogens is 4. The summed E-state index contributed by atoms with van der Waals surface area (Å²) in [5.74, 6) is 1.17. The molecule has 0 spiro atoms. The van der Waals surface area contributed by atoms with Crippen LogP contribution in [0, 0.1) is 0 Å². The minimum absolute atomic E-state index is 0.00822. The van der Waals surface area contributed by atoms with Gasteiger partial charge in [0.15, 0.2) is 0 Å². The zero-order valence-electron chi connectivity index (χ0n) is 15.5. The van der Waals surface area contributed by atoms with E-state index in [0.717, 1.165) is 25.9 Å². The molecule has 3 aromatic rings. The average molecular weight is 378 g/mol. The molecule has 1 aliphatic rings. The van der Waals surface area contributed by atoms with Crippen molar-refractivity contribution >= 4 is 11.6 Å². The third-order valence-electron chi connectivity index (χ3n) is 4.78. The molecule has 1 aromatic carbocycles. The van der Waals surface area contributed by atoms with Gasteiger partial charge in [-0.3, -0.25) is 4.79 Å². The third kappa shape index (κ3) is 4.51. The molecule has 3 heterocycles. The molecule has 0 radical (unpaired) electrons. The van der Waals surface area contributed by atoms with Crippen molar-refractivity contribution in [1.29, 1.82) is 0 Å². The van der Waals surface area contributed by atoms with Gasteiger partial charge in [0, 0.05) is 50.1 Å². The van der Waals surface area contributed by atoms with Crippen molar-refractivity contribution in [2.75, 3.05) is 18.0 Å². The van der Waals surface area contributed by atoms with Gasteiger partial charge in [0.05, 0.1) is 0 Å². The maximum absolute atomic E-state index is 12.3. The summed E-state index contributed by atoms with van der Waals surface area (Å²) in [4.78, 5) is 27.0. The molecule has 1 saturated heterocycles. The number of para-hydroxylation sites is 1. The molecule has 0 atom stereocenters. The van der Waals surface area contributed by atoms with Crippen molar-refractivity contribution < 1.29 is 9.32 Å². The van der Waals surface area contributed by atoms with E-state index in [1.54, 1.807) is 18.5 Å². The van der Waals surface area contributed by atoms with Gasteiger partial charge in [0.25, 0.3) is 0 Å². The number of nitrogens with zero attached hydrogens (tertiary/aromatic N) is 5. The lowest BCUT2D eigenvalue weighted by Gasteiger charge is -2.34. The van der Waals surface area contributed by atoms with E-state index < -0.39 is 0 Å². The summed E-state index contributed by atoms with van der Waals surface area (Å²) in [6.45, 7) is 1.89. The first-order chi connectivity index (χ1) is 13.8.